The van der Waals surface area contributed by atoms with Crippen molar-refractivity contribution >= 4 is 17.6 Å². The molecule has 0 aliphatic carbocycles. The van der Waals surface area contributed by atoms with Crippen molar-refractivity contribution in [3.8, 4) is 5.75 Å². The molecular formula is C15H13NO4. The van der Waals surface area contributed by atoms with E-state index in [9.17, 15) is 14.7 Å². The minimum atomic E-state index is -1.14. The van der Waals surface area contributed by atoms with E-state index in [1.165, 1.54) is 12.1 Å². The van der Waals surface area contributed by atoms with Crippen molar-refractivity contribution in [1.29, 1.82) is 0 Å². The van der Waals surface area contributed by atoms with Gasteiger partial charge < -0.3 is 15.5 Å². The molecule has 5 nitrogen and oxygen atoms in total. The first-order chi connectivity index (χ1) is 9.47. The Morgan fingerprint density at radius 3 is 2.40 bits per heavy atom. The molecule has 5 heteroatoms. The van der Waals surface area contributed by atoms with Crippen LogP contribution in [0, 0.1) is 6.92 Å². The number of hydrogen-bond donors (Lipinski definition) is 3. The van der Waals surface area contributed by atoms with E-state index in [2.05, 4.69) is 5.32 Å². The number of rotatable bonds is 3. The summed E-state index contributed by atoms with van der Waals surface area (Å²) in [5, 5.41) is 21.0. The first-order valence-electron chi connectivity index (χ1n) is 5.91. The van der Waals surface area contributed by atoms with Crippen LogP contribution in [-0.2, 0) is 0 Å². The SMILES string of the molecule is Cc1cccc(C(=O)Nc2ccc(C(=O)O)cc2O)c1. The number of hydrogen-bond acceptors (Lipinski definition) is 3. The number of phenols is 1. The minimum absolute atomic E-state index is 0.0453. The van der Waals surface area contributed by atoms with E-state index >= 15 is 0 Å². The number of carbonyl (C=O) groups excluding carboxylic acids is 1. The van der Waals surface area contributed by atoms with Crippen LogP contribution in [0.4, 0.5) is 5.69 Å². The van der Waals surface area contributed by atoms with Crippen LogP contribution in [0.25, 0.3) is 0 Å². The molecule has 0 heterocycles. The Morgan fingerprint density at radius 2 is 1.80 bits per heavy atom. The molecule has 2 aromatic rings. The average Bonchev–Trinajstić information content (AvgIpc) is 2.40. The number of aryl methyl sites for hydroxylation is 1. The average molecular weight is 271 g/mol. The van der Waals surface area contributed by atoms with Crippen molar-refractivity contribution in [3.63, 3.8) is 0 Å². The molecule has 0 radical (unpaired) electrons. The summed E-state index contributed by atoms with van der Waals surface area (Å²) in [5.41, 5.74) is 1.53. The molecule has 20 heavy (non-hydrogen) atoms. The lowest BCUT2D eigenvalue weighted by Crippen LogP contribution is -2.12. The van der Waals surface area contributed by atoms with Gasteiger partial charge in [0.2, 0.25) is 0 Å². The molecule has 3 N–H and O–H groups in total. The lowest BCUT2D eigenvalue weighted by Gasteiger charge is -2.08. The van der Waals surface area contributed by atoms with E-state index < -0.39 is 5.97 Å². The fraction of sp³-hybridized carbons (Fsp3) is 0.0667. The van der Waals surface area contributed by atoms with Crippen LogP contribution in [-0.4, -0.2) is 22.1 Å². The summed E-state index contributed by atoms with van der Waals surface area (Å²) < 4.78 is 0. The van der Waals surface area contributed by atoms with Gasteiger partial charge in [-0.2, -0.15) is 0 Å². The Bertz CT molecular complexity index is 679. The summed E-state index contributed by atoms with van der Waals surface area (Å²) in [6, 6.07) is 10.8. The zero-order valence-corrected chi connectivity index (χ0v) is 10.8. The molecule has 0 aliphatic rings. The Hall–Kier alpha value is -2.82. The van der Waals surface area contributed by atoms with Crippen LogP contribution in [0.1, 0.15) is 26.3 Å². The Labute approximate surface area is 115 Å². The standard InChI is InChI=1S/C15H13NO4/c1-9-3-2-4-10(7-9)14(18)16-12-6-5-11(15(19)20)8-13(12)17/h2-8,17H,1H3,(H,16,18)(H,19,20). The number of nitrogens with one attached hydrogen (secondary N) is 1. The van der Waals surface area contributed by atoms with Gasteiger partial charge in [0.15, 0.2) is 0 Å². The number of aromatic carboxylic acids is 1. The Balaban J connectivity index is 2.22. The molecule has 0 fully saturated rings. The molecule has 2 aromatic carbocycles. The number of carboxylic acids is 1. The maximum Gasteiger partial charge on any atom is 0.335 e. The maximum atomic E-state index is 12.0. The fourth-order valence-corrected chi connectivity index (χ4v) is 1.75. The molecule has 0 unspecified atom stereocenters. The van der Waals surface area contributed by atoms with E-state index in [0.717, 1.165) is 11.6 Å². The van der Waals surface area contributed by atoms with Gasteiger partial charge >= 0.3 is 5.97 Å². The lowest BCUT2D eigenvalue weighted by molar-refractivity contribution is 0.0696. The highest BCUT2D eigenvalue weighted by Gasteiger charge is 2.11. The summed E-state index contributed by atoms with van der Waals surface area (Å²) in [6.07, 6.45) is 0. The van der Waals surface area contributed by atoms with Crippen LogP contribution in [0.5, 0.6) is 5.75 Å². The topological polar surface area (TPSA) is 86.6 Å². The van der Waals surface area contributed by atoms with Gasteiger partial charge in [0, 0.05) is 5.56 Å². The van der Waals surface area contributed by atoms with Crippen molar-refractivity contribution < 1.29 is 19.8 Å². The zero-order valence-electron chi connectivity index (χ0n) is 10.8. The quantitative estimate of drug-likeness (QED) is 0.749. The van der Waals surface area contributed by atoms with Crippen LogP contribution < -0.4 is 5.32 Å². The molecule has 0 saturated heterocycles. The molecule has 1 amide bonds. The minimum Gasteiger partial charge on any atom is -0.506 e. The second-order valence-corrected chi connectivity index (χ2v) is 4.36. The van der Waals surface area contributed by atoms with Crippen LogP contribution in [0.3, 0.4) is 0 Å². The fourth-order valence-electron chi connectivity index (χ4n) is 1.75. The van der Waals surface area contributed by atoms with Gasteiger partial charge in [-0.25, -0.2) is 4.79 Å². The lowest BCUT2D eigenvalue weighted by atomic mass is 10.1. The Morgan fingerprint density at radius 1 is 1.05 bits per heavy atom. The van der Waals surface area contributed by atoms with Crippen molar-refractivity contribution in [1.82, 2.24) is 0 Å². The second-order valence-electron chi connectivity index (χ2n) is 4.36. The maximum absolute atomic E-state index is 12.0. The van der Waals surface area contributed by atoms with Gasteiger partial charge in [-0.15, -0.1) is 0 Å². The van der Waals surface area contributed by atoms with Crippen LogP contribution in [0.2, 0.25) is 0 Å². The highest BCUT2D eigenvalue weighted by Crippen LogP contribution is 2.25. The normalized spacial score (nSPS) is 10.1. The molecule has 0 aromatic heterocycles. The monoisotopic (exact) mass is 271 g/mol. The van der Waals surface area contributed by atoms with Crippen molar-refractivity contribution in [3.05, 3.63) is 59.2 Å². The summed E-state index contributed by atoms with van der Waals surface area (Å²) in [6.45, 7) is 1.87. The van der Waals surface area contributed by atoms with Gasteiger partial charge in [0.1, 0.15) is 5.75 Å². The summed E-state index contributed by atoms with van der Waals surface area (Å²) in [7, 11) is 0. The first-order valence-corrected chi connectivity index (χ1v) is 5.91. The Kier molecular flexibility index (Phi) is 3.70. The second kappa shape index (κ2) is 5.44. The number of anilines is 1. The molecular weight excluding hydrogens is 258 g/mol. The molecule has 0 bridgehead atoms. The third kappa shape index (κ3) is 2.95. The number of aromatic hydroxyl groups is 1. The highest BCUT2D eigenvalue weighted by atomic mass is 16.4. The molecule has 0 aliphatic heterocycles. The largest absolute Gasteiger partial charge is 0.506 e. The summed E-state index contributed by atoms with van der Waals surface area (Å²) in [4.78, 5) is 22.7. The van der Waals surface area contributed by atoms with Crippen LogP contribution >= 0.6 is 0 Å². The van der Waals surface area contributed by atoms with E-state index in [-0.39, 0.29) is 22.9 Å². The molecule has 0 atom stereocenters. The number of benzene rings is 2. The number of phenolic OH excluding ortho intramolecular Hbond substituents is 1. The number of carbonyl (C=O) groups is 2. The van der Waals surface area contributed by atoms with Crippen molar-refractivity contribution in [2.24, 2.45) is 0 Å². The van der Waals surface area contributed by atoms with Crippen molar-refractivity contribution in [2.75, 3.05) is 5.32 Å². The van der Waals surface area contributed by atoms with E-state index in [0.29, 0.717) is 5.56 Å². The predicted molar refractivity (Wildman–Crippen MR) is 74.2 cm³/mol. The molecule has 2 rings (SSSR count). The van der Waals surface area contributed by atoms with Gasteiger partial charge in [-0.05, 0) is 37.3 Å². The van der Waals surface area contributed by atoms with Gasteiger partial charge in [-0.3, -0.25) is 4.79 Å². The van der Waals surface area contributed by atoms with E-state index in [4.69, 9.17) is 5.11 Å². The summed E-state index contributed by atoms with van der Waals surface area (Å²) >= 11 is 0. The predicted octanol–water partition coefficient (Wildman–Crippen LogP) is 2.65. The third-order valence-corrected chi connectivity index (χ3v) is 2.77. The summed E-state index contributed by atoms with van der Waals surface area (Å²) in [5.74, 6) is -1.80. The van der Waals surface area contributed by atoms with Crippen molar-refractivity contribution in [2.45, 2.75) is 6.92 Å². The van der Waals surface area contributed by atoms with Gasteiger partial charge in [0.25, 0.3) is 5.91 Å². The van der Waals surface area contributed by atoms with Crippen LogP contribution in [0.15, 0.2) is 42.5 Å². The molecule has 0 spiro atoms. The third-order valence-electron chi connectivity index (χ3n) is 2.77. The number of amides is 1. The van der Waals surface area contributed by atoms with E-state index in [1.807, 2.05) is 13.0 Å². The highest BCUT2D eigenvalue weighted by molar-refractivity contribution is 6.05. The first kappa shape index (κ1) is 13.6. The van der Waals surface area contributed by atoms with Gasteiger partial charge in [0.05, 0.1) is 11.3 Å². The van der Waals surface area contributed by atoms with Gasteiger partial charge in [-0.1, -0.05) is 17.7 Å². The molecule has 0 saturated carbocycles. The number of carboxylic acid groups (broad SMARTS) is 1. The smallest absolute Gasteiger partial charge is 0.335 e. The van der Waals surface area contributed by atoms with E-state index in [1.54, 1.807) is 18.2 Å². The molecule has 102 valence electrons. The zero-order chi connectivity index (χ0) is 14.7.